The molecule has 0 amide bonds. The molecule has 19 heavy (non-hydrogen) atoms. The Hall–Kier alpha value is -1.75. The average Bonchev–Trinajstić information content (AvgIpc) is 2.82. The second-order valence-corrected chi connectivity index (χ2v) is 5.19. The first kappa shape index (κ1) is 13.7. The van der Waals surface area contributed by atoms with E-state index in [9.17, 15) is 8.78 Å². The van der Waals surface area contributed by atoms with Gasteiger partial charge >= 0.3 is 0 Å². The van der Waals surface area contributed by atoms with Gasteiger partial charge in [-0.15, -0.1) is 0 Å². The number of halogens is 2. The number of nitrogens with two attached hydrogens (primary N) is 1. The third kappa shape index (κ3) is 2.81. The number of nitrogens with one attached hydrogen (secondary N) is 1. The summed E-state index contributed by atoms with van der Waals surface area (Å²) in [5, 5.41) is 0. The SMILES string of the molecule is CC(C)(CCN)c1ncc(-c2cc(F)ccc2F)[nH]1. The number of imidazole rings is 1. The molecule has 0 atom stereocenters. The Morgan fingerprint density at radius 1 is 1.32 bits per heavy atom. The highest BCUT2D eigenvalue weighted by molar-refractivity contribution is 5.59. The molecule has 0 aliphatic rings. The Balaban J connectivity index is 2.38. The van der Waals surface area contributed by atoms with E-state index in [-0.39, 0.29) is 11.0 Å². The van der Waals surface area contributed by atoms with Crippen molar-refractivity contribution in [2.75, 3.05) is 6.54 Å². The Morgan fingerprint density at radius 3 is 2.74 bits per heavy atom. The van der Waals surface area contributed by atoms with Crippen LogP contribution in [0, 0.1) is 11.6 Å². The molecule has 102 valence electrons. The van der Waals surface area contributed by atoms with Gasteiger partial charge in [0.05, 0.1) is 11.9 Å². The molecule has 0 aliphatic carbocycles. The van der Waals surface area contributed by atoms with E-state index in [1.165, 1.54) is 6.20 Å². The molecule has 3 nitrogen and oxygen atoms in total. The average molecular weight is 265 g/mol. The van der Waals surface area contributed by atoms with Crippen LogP contribution in [0.2, 0.25) is 0 Å². The van der Waals surface area contributed by atoms with Crippen LogP contribution in [0.1, 0.15) is 26.1 Å². The van der Waals surface area contributed by atoms with Crippen molar-refractivity contribution < 1.29 is 8.78 Å². The topological polar surface area (TPSA) is 54.7 Å². The van der Waals surface area contributed by atoms with Gasteiger partial charge in [-0.25, -0.2) is 13.8 Å². The number of hydrogen-bond donors (Lipinski definition) is 2. The first-order chi connectivity index (χ1) is 8.94. The van der Waals surface area contributed by atoms with Gasteiger partial charge in [0.1, 0.15) is 17.5 Å². The van der Waals surface area contributed by atoms with Crippen LogP contribution in [0.15, 0.2) is 24.4 Å². The smallest absolute Gasteiger partial charge is 0.132 e. The minimum atomic E-state index is -0.478. The van der Waals surface area contributed by atoms with Crippen molar-refractivity contribution >= 4 is 0 Å². The lowest BCUT2D eigenvalue weighted by Gasteiger charge is -2.20. The van der Waals surface area contributed by atoms with Crippen LogP contribution in [0.3, 0.4) is 0 Å². The van der Waals surface area contributed by atoms with Gasteiger partial charge in [0, 0.05) is 11.0 Å². The maximum atomic E-state index is 13.7. The van der Waals surface area contributed by atoms with Crippen molar-refractivity contribution in [3.05, 3.63) is 41.9 Å². The van der Waals surface area contributed by atoms with Crippen LogP contribution in [-0.4, -0.2) is 16.5 Å². The number of nitrogens with zero attached hydrogens (tertiary/aromatic N) is 1. The highest BCUT2D eigenvalue weighted by atomic mass is 19.1. The fourth-order valence-electron chi connectivity index (χ4n) is 1.99. The molecule has 1 aromatic carbocycles. The zero-order chi connectivity index (χ0) is 14.0. The van der Waals surface area contributed by atoms with Gasteiger partial charge in [-0.1, -0.05) is 13.8 Å². The molecule has 0 aliphatic heterocycles. The quantitative estimate of drug-likeness (QED) is 0.893. The van der Waals surface area contributed by atoms with Crippen molar-refractivity contribution in [1.82, 2.24) is 9.97 Å². The second-order valence-electron chi connectivity index (χ2n) is 5.19. The third-order valence-electron chi connectivity index (χ3n) is 3.20. The van der Waals surface area contributed by atoms with E-state index >= 15 is 0 Å². The van der Waals surface area contributed by atoms with E-state index in [1.54, 1.807) is 0 Å². The molecule has 5 heteroatoms. The largest absolute Gasteiger partial charge is 0.341 e. The highest BCUT2D eigenvalue weighted by Crippen LogP contribution is 2.28. The van der Waals surface area contributed by atoms with Crippen molar-refractivity contribution in [2.45, 2.75) is 25.7 Å². The Bertz CT molecular complexity index is 576. The number of aromatic nitrogens is 2. The zero-order valence-electron chi connectivity index (χ0n) is 11.0. The summed E-state index contributed by atoms with van der Waals surface area (Å²) in [6.45, 7) is 4.55. The minimum Gasteiger partial charge on any atom is -0.341 e. The molecule has 0 spiro atoms. The summed E-state index contributed by atoms with van der Waals surface area (Å²) in [6.07, 6.45) is 2.27. The van der Waals surface area contributed by atoms with Gasteiger partial charge in [0.25, 0.3) is 0 Å². The van der Waals surface area contributed by atoms with E-state index < -0.39 is 11.6 Å². The molecule has 2 aromatic rings. The monoisotopic (exact) mass is 265 g/mol. The highest BCUT2D eigenvalue weighted by Gasteiger charge is 2.23. The summed E-state index contributed by atoms with van der Waals surface area (Å²) in [5.74, 6) is -0.237. The van der Waals surface area contributed by atoms with Crippen LogP contribution >= 0.6 is 0 Å². The number of rotatable bonds is 4. The van der Waals surface area contributed by atoms with Gasteiger partial charge < -0.3 is 10.7 Å². The van der Waals surface area contributed by atoms with E-state index in [2.05, 4.69) is 9.97 Å². The van der Waals surface area contributed by atoms with Gasteiger partial charge in [-0.05, 0) is 31.2 Å². The first-order valence-corrected chi connectivity index (χ1v) is 6.15. The fraction of sp³-hybridized carbons (Fsp3) is 0.357. The molecular formula is C14H17F2N3. The third-order valence-corrected chi connectivity index (χ3v) is 3.20. The zero-order valence-corrected chi connectivity index (χ0v) is 11.0. The molecule has 0 bridgehead atoms. The molecule has 1 aromatic heterocycles. The maximum Gasteiger partial charge on any atom is 0.132 e. The van der Waals surface area contributed by atoms with E-state index in [1.807, 2.05) is 13.8 Å². The molecule has 0 saturated heterocycles. The lowest BCUT2D eigenvalue weighted by Crippen LogP contribution is -2.23. The van der Waals surface area contributed by atoms with E-state index in [0.29, 0.717) is 12.2 Å². The maximum absolute atomic E-state index is 13.7. The fourth-order valence-corrected chi connectivity index (χ4v) is 1.99. The van der Waals surface area contributed by atoms with Gasteiger partial charge in [-0.3, -0.25) is 0 Å². The standard InChI is InChI=1S/C14H17F2N3/c1-14(2,5-6-17)13-18-8-12(19-13)10-7-9(15)3-4-11(10)16/h3-4,7-8H,5-6,17H2,1-2H3,(H,18,19). The Labute approximate surface area is 110 Å². The van der Waals surface area contributed by atoms with Crippen LogP contribution in [0.5, 0.6) is 0 Å². The molecule has 0 radical (unpaired) electrons. The molecule has 1 heterocycles. The number of H-pyrrole nitrogens is 1. The predicted molar refractivity (Wildman–Crippen MR) is 70.6 cm³/mol. The van der Waals surface area contributed by atoms with Crippen LogP contribution < -0.4 is 5.73 Å². The summed E-state index contributed by atoms with van der Waals surface area (Å²) in [7, 11) is 0. The summed E-state index contributed by atoms with van der Waals surface area (Å²) in [4.78, 5) is 7.30. The number of benzene rings is 1. The second kappa shape index (κ2) is 5.09. The van der Waals surface area contributed by atoms with Crippen LogP contribution in [0.4, 0.5) is 8.78 Å². The van der Waals surface area contributed by atoms with Gasteiger partial charge in [-0.2, -0.15) is 0 Å². The molecule has 2 rings (SSSR count). The van der Waals surface area contributed by atoms with Crippen molar-refractivity contribution in [1.29, 1.82) is 0 Å². The lowest BCUT2D eigenvalue weighted by atomic mass is 9.88. The normalized spacial score (nSPS) is 11.8. The summed E-state index contributed by atoms with van der Waals surface area (Å²) in [6, 6.07) is 3.35. The van der Waals surface area contributed by atoms with Crippen molar-refractivity contribution in [3.8, 4) is 11.3 Å². The van der Waals surface area contributed by atoms with Crippen molar-refractivity contribution in [2.24, 2.45) is 5.73 Å². The lowest BCUT2D eigenvalue weighted by molar-refractivity contribution is 0.462. The summed E-state index contributed by atoms with van der Waals surface area (Å²) >= 11 is 0. The summed E-state index contributed by atoms with van der Waals surface area (Å²) < 4.78 is 26.9. The molecule has 3 N–H and O–H groups in total. The molecular weight excluding hydrogens is 248 g/mol. The van der Waals surface area contributed by atoms with E-state index in [4.69, 9.17) is 5.73 Å². The van der Waals surface area contributed by atoms with Crippen molar-refractivity contribution in [3.63, 3.8) is 0 Å². The Morgan fingerprint density at radius 2 is 2.05 bits per heavy atom. The molecule has 0 saturated carbocycles. The Kier molecular flexibility index (Phi) is 3.66. The van der Waals surface area contributed by atoms with Gasteiger partial charge in [0.2, 0.25) is 0 Å². The number of hydrogen-bond acceptors (Lipinski definition) is 2. The first-order valence-electron chi connectivity index (χ1n) is 6.15. The van der Waals surface area contributed by atoms with Gasteiger partial charge in [0.15, 0.2) is 0 Å². The summed E-state index contributed by atoms with van der Waals surface area (Å²) in [5.41, 5.74) is 5.99. The van der Waals surface area contributed by atoms with E-state index in [0.717, 1.165) is 30.4 Å². The van der Waals surface area contributed by atoms with Crippen LogP contribution in [-0.2, 0) is 5.41 Å². The minimum absolute atomic E-state index is 0.183. The predicted octanol–water partition coefficient (Wildman–Crippen LogP) is 2.98. The molecule has 0 fully saturated rings. The molecule has 0 unspecified atom stereocenters. The number of aromatic amines is 1. The van der Waals surface area contributed by atoms with Crippen LogP contribution in [0.25, 0.3) is 11.3 Å².